The van der Waals surface area contributed by atoms with Gasteiger partial charge in [-0.15, -0.1) is 0 Å². The summed E-state index contributed by atoms with van der Waals surface area (Å²) in [6.07, 6.45) is 3.78. The van der Waals surface area contributed by atoms with E-state index in [4.69, 9.17) is 0 Å². The highest BCUT2D eigenvalue weighted by Gasteiger charge is 2.15. The van der Waals surface area contributed by atoms with Gasteiger partial charge in [-0.05, 0) is 50.0 Å². The minimum atomic E-state index is -0.453. The number of carbonyl (C=O) groups excluding carboxylic acids is 1. The molecule has 8 nitrogen and oxygen atoms in total. The number of nitrogens with one attached hydrogen (secondary N) is 2. The predicted octanol–water partition coefficient (Wildman–Crippen LogP) is 1.51. The van der Waals surface area contributed by atoms with E-state index in [0.717, 1.165) is 25.9 Å². The lowest BCUT2D eigenvalue weighted by Crippen LogP contribution is -2.26. The molecule has 0 saturated carbocycles. The topological polar surface area (TPSA) is 102 Å². The van der Waals surface area contributed by atoms with E-state index in [2.05, 4.69) is 15.7 Å². The number of aromatic nitrogens is 2. The Morgan fingerprint density at radius 1 is 1.38 bits per heavy atom. The first-order valence-electron chi connectivity index (χ1n) is 7.93. The maximum absolute atomic E-state index is 12.1. The molecule has 2 aromatic rings. The molecule has 1 saturated heterocycles. The lowest BCUT2D eigenvalue weighted by molar-refractivity contribution is -0.384. The summed E-state index contributed by atoms with van der Waals surface area (Å²) in [7, 11) is 0. The van der Waals surface area contributed by atoms with Crippen LogP contribution in [-0.2, 0) is 0 Å². The Balaban J connectivity index is 1.57. The summed E-state index contributed by atoms with van der Waals surface area (Å²) in [5, 5.41) is 21.1. The summed E-state index contributed by atoms with van der Waals surface area (Å²) in [4.78, 5) is 22.3. The predicted molar refractivity (Wildman–Crippen MR) is 88.1 cm³/mol. The zero-order valence-corrected chi connectivity index (χ0v) is 13.1. The third-order valence-electron chi connectivity index (χ3n) is 4.15. The molecular weight excluding hydrogens is 310 g/mol. The van der Waals surface area contributed by atoms with Gasteiger partial charge in [-0.1, -0.05) is 0 Å². The quantitative estimate of drug-likeness (QED) is 0.618. The van der Waals surface area contributed by atoms with E-state index in [-0.39, 0.29) is 11.6 Å². The first-order valence-corrected chi connectivity index (χ1v) is 7.93. The highest BCUT2D eigenvalue weighted by atomic mass is 16.6. The Bertz CT molecular complexity index is 720. The molecule has 1 aliphatic heterocycles. The maximum Gasteiger partial charge on any atom is 0.271 e. The molecule has 2 heterocycles. The van der Waals surface area contributed by atoms with Crippen molar-refractivity contribution in [2.45, 2.75) is 12.8 Å². The van der Waals surface area contributed by atoms with Gasteiger partial charge in [0.25, 0.3) is 11.6 Å². The van der Waals surface area contributed by atoms with Crippen molar-refractivity contribution in [2.24, 2.45) is 5.92 Å². The first kappa shape index (κ1) is 16.1. The fourth-order valence-corrected chi connectivity index (χ4v) is 2.76. The molecule has 1 aromatic carbocycles. The van der Waals surface area contributed by atoms with Crippen LogP contribution in [0.25, 0.3) is 5.69 Å². The van der Waals surface area contributed by atoms with Crippen molar-refractivity contribution in [1.82, 2.24) is 20.4 Å². The van der Waals surface area contributed by atoms with Gasteiger partial charge >= 0.3 is 0 Å². The molecule has 1 aliphatic rings. The summed E-state index contributed by atoms with van der Waals surface area (Å²) in [6.45, 7) is 2.71. The molecule has 1 unspecified atom stereocenters. The highest BCUT2D eigenvalue weighted by Crippen LogP contribution is 2.15. The van der Waals surface area contributed by atoms with Crippen LogP contribution in [0.15, 0.2) is 36.5 Å². The van der Waals surface area contributed by atoms with Crippen molar-refractivity contribution in [2.75, 3.05) is 19.6 Å². The second-order valence-electron chi connectivity index (χ2n) is 5.82. The number of nitro groups is 1. The summed E-state index contributed by atoms with van der Waals surface area (Å²) < 4.78 is 1.53. The van der Waals surface area contributed by atoms with E-state index in [1.165, 1.54) is 16.8 Å². The molecule has 8 heteroatoms. The van der Waals surface area contributed by atoms with Gasteiger partial charge in [0.15, 0.2) is 5.69 Å². The number of nitro benzene ring substituents is 1. The van der Waals surface area contributed by atoms with Crippen LogP contribution in [0.4, 0.5) is 5.69 Å². The molecule has 3 rings (SSSR count). The Kier molecular flexibility index (Phi) is 4.85. The third kappa shape index (κ3) is 3.77. The number of carbonyl (C=O) groups is 1. The van der Waals surface area contributed by atoms with Crippen LogP contribution in [0, 0.1) is 16.0 Å². The van der Waals surface area contributed by atoms with Gasteiger partial charge in [-0.25, -0.2) is 4.68 Å². The highest BCUT2D eigenvalue weighted by molar-refractivity contribution is 5.92. The Hall–Kier alpha value is -2.74. The molecule has 0 radical (unpaired) electrons. The Morgan fingerprint density at radius 2 is 2.17 bits per heavy atom. The van der Waals surface area contributed by atoms with Gasteiger partial charge in [0, 0.05) is 24.9 Å². The molecule has 126 valence electrons. The second-order valence-corrected chi connectivity index (χ2v) is 5.82. The van der Waals surface area contributed by atoms with Gasteiger partial charge in [0.05, 0.1) is 10.6 Å². The number of hydrogen-bond donors (Lipinski definition) is 2. The van der Waals surface area contributed by atoms with Crippen molar-refractivity contribution in [1.29, 1.82) is 0 Å². The van der Waals surface area contributed by atoms with Gasteiger partial charge in [0.2, 0.25) is 0 Å². The van der Waals surface area contributed by atoms with E-state index in [9.17, 15) is 14.9 Å². The maximum atomic E-state index is 12.1. The molecule has 0 spiro atoms. The van der Waals surface area contributed by atoms with Crippen molar-refractivity contribution < 1.29 is 9.72 Å². The molecule has 0 bridgehead atoms. The molecule has 24 heavy (non-hydrogen) atoms. The van der Waals surface area contributed by atoms with Crippen LogP contribution in [0.3, 0.4) is 0 Å². The number of non-ortho nitro benzene ring substituents is 1. The van der Waals surface area contributed by atoms with Crippen LogP contribution in [-0.4, -0.2) is 40.2 Å². The first-order chi connectivity index (χ1) is 11.6. The minimum Gasteiger partial charge on any atom is -0.351 e. The van der Waals surface area contributed by atoms with Gasteiger partial charge in [-0.3, -0.25) is 14.9 Å². The SMILES string of the molecule is O=C(NCCC1CCNC1)c1ccn(-c2ccc([N+](=O)[O-])cc2)n1. The molecule has 1 atom stereocenters. The number of hydrogen-bond acceptors (Lipinski definition) is 5. The van der Waals surface area contributed by atoms with E-state index in [1.807, 2.05) is 0 Å². The number of nitrogens with zero attached hydrogens (tertiary/aromatic N) is 3. The van der Waals surface area contributed by atoms with Crippen molar-refractivity contribution in [3.8, 4) is 5.69 Å². The van der Waals surface area contributed by atoms with Crippen LogP contribution in [0.5, 0.6) is 0 Å². The average Bonchev–Trinajstić information content (AvgIpc) is 3.26. The normalized spacial score (nSPS) is 16.9. The fraction of sp³-hybridized carbons (Fsp3) is 0.375. The Labute approximate surface area is 139 Å². The number of amides is 1. The molecule has 2 N–H and O–H groups in total. The molecule has 0 aliphatic carbocycles. The van der Waals surface area contributed by atoms with Crippen LogP contribution >= 0.6 is 0 Å². The summed E-state index contributed by atoms with van der Waals surface area (Å²) in [5.74, 6) is 0.421. The molecule has 1 fully saturated rings. The van der Waals surface area contributed by atoms with Gasteiger partial charge < -0.3 is 10.6 Å². The van der Waals surface area contributed by atoms with Crippen molar-refractivity contribution in [3.05, 3.63) is 52.3 Å². The summed E-state index contributed by atoms with van der Waals surface area (Å²) in [5.41, 5.74) is 1.01. The van der Waals surface area contributed by atoms with Crippen LogP contribution < -0.4 is 10.6 Å². The summed E-state index contributed by atoms with van der Waals surface area (Å²) >= 11 is 0. The van der Waals surface area contributed by atoms with E-state index in [0.29, 0.717) is 23.8 Å². The van der Waals surface area contributed by atoms with Crippen molar-refractivity contribution in [3.63, 3.8) is 0 Å². The fourth-order valence-electron chi connectivity index (χ4n) is 2.76. The standard InChI is InChI=1S/C16H19N5O3/c22-16(18-9-6-12-5-8-17-11-12)15-7-10-20(19-15)13-1-3-14(4-2-13)21(23)24/h1-4,7,10,12,17H,5-6,8-9,11H2,(H,18,22). The summed E-state index contributed by atoms with van der Waals surface area (Å²) in [6, 6.07) is 7.65. The van der Waals surface area contributed by atoms with Gasteiger partial charge in [0.1, 0.15) is 0 Å². The monoisotopic (exact) mass is 329 g/mol. The molecule has 1 aromatic heterocycles. The Morgan fingerprint density at radius 3 is 2.83 bits per heavy atom. The molecular formula is C16H19N5O3. The second kappa shape index (κ2) is 7.22. The largest absolute Gasteiger partial charge is 0.351 e. The van der Waals surface area contributed by atoms with Crippen LogP contribution in [0.2, 0.25) is 0 Å². The van der Waals surface area contributed by atoms with E-state index in [1.54, 1.807) is 24.4 Å². The zero-order chi connectivity index (χ0) is 16.9. The number of rotatable bonds is 6. The van der Waals surface area contributed by atoms with Crippen molar-refractivity contribution >= 4 is 11.6 Å². The average molecular weight is 329 g/mol. The van der Waals surface area contributed by atoms with Gasteiger partial charge in [-0.2, -0.15) is 5.10 Å². The van der Waals surface area contributed by atoms with E-state index < -0.39 is 4.92 Å². The van der Waals surface area contributed by atoms with Crippen LogP contribution in [0.1, 0.15) is 23.3 Å². The lowest BCUT2D eigenvalue weighted by atomic mass is 10.1. The lowest BCUT2D eigenvalue weighted by Gasteiger charge is -2.08. The smallest absolute Gasteiger partial charge is 0.271 e. The third-order valence-corrected chi connectivity index (χ3v) is 4.15. The zero-order valence-electron chi connectivity index (χ0n) is 13.1. The van der Waals surface area contributed by atoms with E-state index >= 15 is 0 Å². The number of benzene rings is 1. The molecule has 1 amide bonds. The minimum absolute atomic E-state index is 0.0188.